The molecule has 1 saturated carbocycles. The van der Waals surface area contributed by atoms with E-state index >= 15 is 0 Å². The minimum Gasteiger partial charge on any atom is -0.352 e. The number of nitrogens with one attached hydrogen (secondary N) is 1. The second kappa shape index (κ2) is 8.63. The second-order valence-corrected chi connectivity index (χ2v) is 6.21. The van der Waals surface area contributed by atoms with Gasteiger partial charge in [0.1, 0.15) is 0 Å². The Bertz CT molecular complexity index is 291. The van der Waals surface area contributed by atoms with Gasteiger partial charge in [-0.05, 0) is 52.1 Å². The van der Waals surface area contributed by atoms with Gasteiger partial charge in [0.15, 0.2) is 0 Å². The molecule has 0 radical (unpaired) electrons. The zero-order chi connectivity index (χ0) is 15.1. The minimum atomic E-state index is -0.0762. The van der Waals surface area contributed by atoms with Gasteiger partial charge in [0.05, 0.1) is 6.04 Å². The van der Waals surface area contributed by atoms with Gasteiger partial charge in [-0.3, -0.25) is 9.69 Å². The van der Waals surface area contributed by atoms with Crippen LogP contribution in [-0.2, 0) is 4.79 Å². The van der Waals surface area contributed by atoms with Crippen LogP contribution in [0.4, 0.5) is 0 Å². The molecule has 1 fully saturated rings. The number of hydrogen-bond donors (Lipinski definition) is 2. The SMILES string of the molecule is CCC(CC)NC(=O)C(C)N(C)C1CCCCC1CN. The number of nitrogens with zero attached hydrogens (tertiary/aromatic N) is 1. The van der Waals surface area contributed by atoms with Gasteiger partial charge in [0.25, 0.3) is 0 Å². The average molecular weight is 283 g/mol. The molecule has 1 aliphatic carbocycles. The summed E-state index contributed by atoms with van der Waals surface area (Å²) in [5.74, 6) is 0.694. The van der Waals surface area contributed by atoms with Crippen molar-refractivity contribution in [3.8, 4) is 0 Å². The highest BCUT2D eigenvalue weighted by Crippen LogP contribution is 2.28. The number of likely N-dealkylation sites (N-methyl/N-ethyl adjacent to an activating group) is 1. The zero-order valence-corrected chi connectivity index (χ0v) is 13.7. The van der Waals surface area contributed by atoms with E-state index in [9.17, 15) is 4.79 Å². The van der Waals surface area contributed by atoms with Crippen LogP contribution in [-0.4, -0.2) is 42.5 Å². The molecule has 4 heteroatoms. The normalized spacial score (nSPS) is 24.9. The highest BCUT2D eigenvalue weighted by atomic mass is 16.2. The molecule has 20 heavy (non-hydrogen) atoms. The lowest BCUT2D eigenvalue weighted by Gasteiger charge is -2.40. The fraction of sp³-hybridized carbons (Fsp3) is 0.938. The smallest absolute Gasteiger partial charge is 0.237 e. The largest absolute Gasteiger partial charge is 0.352 e. The maximum absolute atomic E-state index is 12.4. The summed E-state index contributed by atoms with van der Waals surface area (Å²) in [6.45, 7) is 6.98. The molecular weight excluding hydrogens is 250 g/mol. The molecule has 0 aliphatic heterocycles. The fourth-order valence-electron chi connectivity index (χ4n) is 3.29. The van der Waals surface area contributed by atoms with Crippen LogP contribution in [0.15, 0.2) is 0 Å². The first-order valence-electron chi connectivity index (χ1n) is 8.27. The monoisotopic (exact) mass is 283 g/mol. The van der Waals surface area contributed by atoms with Crippen LogP contribution in [0.1, 0.15) is 59.3 Å². The van der Waals surface area contributed by atoms with Gasteiger partial charge >= 0.3 is 0 Å². The summed E-state index contributed by atoms with van der Waals surface area (Å²) in [5, 5.41) is 3.16. The Labute approximate surface area is 124 Å². The Morgan fingerprint density at radius 1 is 1.30 bits per heavy atom. The topological polar surface area (TPSA) is 58.4 Å². The van der Waals surface area contributed by atoms with Crippen molar-refractivity contribution in [2.75, 3.05) is 13.6 Å². The van der Waals surface area contributed by atoms with E-state index in [4.69, 9.17) is 5.73 Å². The van der Waals surface area contributed by atoms with Crippen LogP contribution in [0, 0.1) is 5.92 Å². The van der Waals surface area contributed by atoms with Crippen molar-refractivity contribution in [1.29, 1.82) is 0 Å². The van der Waals surface area contributed by atoms with Crippen molar-refractivity contribution in [3.05, 3.63) is 0 Å². The lowest BCUT2D eigenvalue weighted by atomic mass is 9.83. The number of hydrogen-bond acceptors (Lipinski definition) is 3. The molecule has 0 heterocycles. The predicted octanol–water partition coefficient (Wildman–Crippen LogP) is 2.13. The maximum Gasteiger partial charge on any atom is 0.237 e. The van der Waals surface area contributed by atoms with Crippen molar-refractivity contribution in [2.24, 2.45) is 11.7 Å². The Morgan fingerprint density at radius 2 is 1.90 bits per heavy atom. The van der Waals surface area contributed by atoms with Gasteiger partial charge in [-0.15, -0.1) is 0 Å². The predicted molar refractivity (Wildman–Crippen MR) is 84.5 cm³/mol. The molecule has 0 spiro atoms. The molecule has 1 rings (SSSR count). The van der Waals surface area contributed by atoms with E-state index in [-0.39, 0.29) is 11.9 Å². The van der Waals surface area contributed by atoms with Gasteiger partial charge < -0.3 is 11.1 Å². The molecule has 118 valence electrons. The molecule has 4 nitrogen and oxygen atoms in total. The van der Waals surface area contributed by atoms with E-state index in [1.807, 2.05) is 6.92 Å². The quantitative estimate of drug-likeness (QED) is 0.752. The van der Waals surface area contributed by atoms with Crippen molar-refractivity contribution < 1.29 is 4.79 Å². The highest BCUT2D eigenvalue weighted by molar-refractivity contribution is 5.81. The van der Waals surface area contributed by atoms with Crippen LogP contribution in [0.3, 0.4) is 0 Å². The average Bonchev–Trinajstić information content (AvgIpc) is 2.50. The van der Waals surface area contributed by atoms with E-state index in [2.05, 4.69) is 31.1 Å². The van der Waals surface area contributed by atoms with Crippen molar-refractivity contribution in [1.82, 2.24) is 10.2 Å². The van der Waals surface area contributed by atoms with Gasteiger partial charge in [-0.25, -0.2) is 0 Å². The molecule has 0 aromatic heterocycles. The van der Waals surface area contributed by atoms with Crippen molar-refractivity contribution >= 4 is 5.91 Å². The zero-order valence-electron chi connectivity index (χ0n) is 13.7. The summed E-state index contributed by atoms with van der Waals surface area (Å²) in [7, 11) is 2.08. The lowest BCUT2D eigenvalue weighted by Crippen LogP contribution is -2.53. The van der Waals surface area contributed by atoms with Crippen LogP contribution in [0.2, 0.25) is 0 Å². The van der Waals surface area contributed by atoms with Crippen molar-refractivity contribution in [2.45, 2.75) is 77.4 Å². The van der Waals surface area contributed by atoms with Crippen LogP contribution in [0.5, 0.6) is 0 Å². The third-order valence-electron chi connectivity index (χ3n) is 5.02. The number of nitrogens with two attached hydrogens (primary N) is 1. The van der Waals surface area contributed by atoms with E-state index in [1.165, 1.54) is 25.7 Å². The van der Waals surface area contributed by atoms with E-state index < -0.39 is 0 Å². The van der Waals surface area contributed by atoms with E-state index in [1.54, 1.807) is 0 Å². The van der Waals surface area contributed by atoms with Gasteiger partial charge in [0.2, 0.25) is 5.91 Å². The molecular formula is C16H33N3O. The third kappa shape index (κ3) is 4.45. The molecule has 0 saturated heterocycles. The Balaban J connectivity index is 2.60. The molecule has 1 aliphatic rings. The summed E-state index contributed by atoms with van der Waals surface area (Å²) in [4.78, 5) is 14.6. The fourth-order valence-corrected chi connectivity index (χ4v) is 3.29. The van der Waals surface area contributed by atoms with Crippen molar-refractivity contribution in [3.63, 3.8) is 0 Å². The molecule has 3 N–H and O–H groups in total. The number of carbonyl (C=O) groups excluding carboxylic acids is 1. The first-order chi connectivity index (χ1) is 9.54. The first kappa shape index (κ1) is 17.4. The summed E-state index contributed by atoms with van der Waals surface area (Å²) >= 11 is 0. The summed E-state index contributed by atoms with van der Waals surface area (Å²) in [6, 6.07) is 0.680. The Morgan fingerprint density at radius 3 is 2.45 bits per heavy atom. The summed E-state index contributed by atoms with van der Waals surface area (Å²) < 4.78 is 0. The van der Waals surface area contributed by atoms with Crippen LogP contribution in [0.25, 0.3) is 0 Å². The maximum atomic E-state index is 12.4. The summed E-state index contributed by atoms with van der Waals surface area (Å²) in [5.41, 5.74) is 5.90. The standard InChI is InChI=1S/C16H33N3O/c1-5-14(6-2)18-16(20)12(3)19(4)15-10-8-7-9-13(15)11-17/h12-15H,5-11,17H2,1-4H3,(H,18,20). The van der Waals surface area contributed by atoms with E-state index in [0.29, 0.717) is 18.0 Å². The number of carbonyl (C=O) groups is 1. The van der Waals surface area contributed by atoms with Crippen LogP contribution >= 0.6 is 0 Å². The number of amides is 1. The lowest BCUT2D eigenvalue weighted by molar-refractivity contribution is -0.127. The molecule has 0 aromatic rings. The second-order valence-electron chi connectivity index (χ2n) is 6.21. The molecule has 3 unspecified atom stereocenters. The van der Waals surface area contributed by atoms with Gasteiger partial charge in [-0.1, -0.05) is 26.7 Å². The third-order valence-corrected chi connectivity index (χ3v) is 5.02. The molecule has 3 atom stereocenters. The van der Waals surface area contributed by atoms with Gasteiger partial charge in [0, 0.05) is 12.1 Å². The first-order valence-corrected chi connectivity index (χ1v) is 8.27. The summed E-state index contributed by atoms with van der Waals surface area (Å²) in [6.07, 6.45) is 6.89. The molecule has 0 bridgehead atoms. The molecule has 0 aromatic carbocycles. The highest BCUT2D eigenvalue weighted by Gasteiger charge is 2.32. The van der Waals surface area contributed by atoms with Crippen LogP contribution < -0.4 is 11.1 Å². The van der Waals surface area contributed by atoms with E-state index in [0.717, 1.165) is 19.4 Å². The number of rotatable bonds is 7. The van der Waals surface area contributed by atoms with Gasteiger partial charge in [-0.2, -0.15) is 0 Å². The Hall–Kier alpha value is -0.610. The minimum absolute atomic E-state index is 0.0762. The molecule has 1 amide bonds. The Kier molecular flexibility index (Phi) is 7.52.